The van der Waals surface area contributed by atoms with Crippen molar-refractivity contribution in [3.05, 3.63) is 111 Å². The van der Waals surface area contributed by atoms with Crippen LogP contribution in [-0.2, 0) is 6.54 Å². The van der Waals surface area contributed by atoms with Crippen LogP contribution in [0.1, 0.15) is 21.5 Å². The van der Waals surface area contributed by atoms with Crippen LogP contribution in [0.25, 0.3) is 10.9 Å². The van der Waals surface area contributed by atoms with Crippen LogP contribution in [0, 0.1) is 6.92 Å². The number of fused-ring (bicyclic) bond motifs is 1. The Balaban J connectivity index is 1.80. The van der Waals surface area contributed by atoms with Crippen LogP contribution in [0.15, 0.2) is 83.7 Å². The minimum atomic E-state index is -0.203. The number of hydrogen-bond acceptors (Lipinski definition) is 2. The molecule has 5 heteroatoms. The lowest BCUT2D eigenvalue weighted by atomic mass is 10.1. The minimum Gasteiger partial charge on any atom is -0.322 e. The summed E-state index contributed by atoms with van der Waals surface area (Å²) in [6.07, 6.45) is 0. The maximum Gasteiger partial charge on any atom is 0.258 e. The fourth-order valence-electron chi connectivity index (χ4n) is 3.36. The average Bonchev–Trinajstić information content (AvgIpc) is 2.73. The zero-order chi connectivity index (χ0) is 20.4. The van der Waals surface area contributed by atoms with Crippen LogP contribution in [-0.4, -0.2) is 10.9 Å². The first kappa shape index (κ1) is 19.0. The van der Waals surface area contributed by atoms with E-state index < -0.39 is 0 Å². The molecule has 0 spiro atoms. The third-order valence-electron chi connectivity index (χ3n) is 4.90. The fourth-order valence-corrected chi connectivity index (χ4v) is 3.49. The first-order valence-corrected chi connectivity index (χ1v) is 9.65. The van der Waals surface area contributed by atoms with Crippen molar-refractivity contribution in [2.45, 2.75) is 13.5 Å². The van der Waals surface area contributed by atoms with E-state index in [4.69, 9.17) is 11.6 Å². The number of anilines is 1. The molecule has 1 aromatic heterocycles. The number of carbonyl (C=O) groups is 1. The molecule has 3 aromatic carbocycles. The van der Waals surface area contributed by atoms with E-state index in [-0.39, 0.29) is 18.0 Å². The van der Waals surface area contributed by atoms with Crippen LogP contribution in [0.4, 0.5) is 5.69 Å². The number of nitrogens with one attached hydrogen (secondary N) is 1. The molecule has 0 aliphatic rings. The van der Waals surface area contributed by atoms with Crippen LogP contribution >= 0.6 is 11.6 Å². The Labute approximate surface area is 173 Å². The number of hydrogen-bond donors (Lipinski definition) is 1. The maximum absolute atomic E-state index is 13.4. The van der Waals surface area contributed by atoms with Crippen LogP contribution in [0.3, 0.4) is 0 Å². The third kappa shape index (κ3) is 3.93. The molecule has 144 valence electrons. The van der Waals surface area contributed by atoms with Crippen molar-refractivity contribution in [3.63, 3.8) is 0 Å². The van der Waals surface area contributed by atoms with Gasteiger partial charge < -0.3 is 9.88 Å². The molecule has 0 atom stereocenters. The normalized spacial score (nSPS) is 10.8. The standard InChI is InChI=1S/C24H19ClN2O2/c1-16-6-2-5-9-22(16)27(24(29)17-10-12-20(25)13-11-17)15-19-14-18-7-3-4-8-21(18)26-23(19)28/h2-14H,15H2,1H3,(H,26,28). The lowest BCUT2D eigenvalue weighted by Gasteiger charge is -2.24. The smallest absolute Gasteiger partial charge is 0.258 e. The van der Waals surface area contributed by atoms with Crippen LogP contribution < -0.4 is 10.5 Å². The number of halogens is 1. The molecule has 0 saturated carbocycles. The molecule has 0 aliphatic heterocycles. The van der Waals surface area contributed by atoms with E-state index in [2.05, 4.69) is 4.98 Å². The summed E-state index contributed by atoms with van der Waals surface area (Å²) in [4.78, 5) is 30.6. The van der Waals surface area contributed by atoms with Gasteiger partial charge in [-0.2, -0.15) is 0 Å². The van der Waals surface area contributed by atoms with E-state index >= 15 is 0 Å². The van der Waals surface area contributed by atoms with Crippen LogP contribution in [0.2, 0.25) is 5.02 Å². The van der Waals surface area contributed by atoms with Crippen molar-refractivity contribution in [1.29, 1.82) is 0 Å². The highest BCUT2D eigenvalue weighted by atomic mass is 35.5. The number of amides is 1. The zero-order valence-corrected chi connectivity index (χ0v) is 16.6. The Morgan fingerprint density at radius 2 is 1.66 bits per heavy atom. The average molecular weight is 403 g/mol. The second-order valence-corrected chi connectivity index (χ2v) is 7.33. The van der Waals surface area contributed by atoms with Gasteiger partial charge in [-0.1, -0.05) is 48.0 Å². The van der Waals surface area contributed by atoms with Crippen LogP contribution in [0.5, 0.6) is 0 Å². The van der Waals surface area contributed by atoms with E-state index in [0.717, 1.165) is 22.2 Å². The molecule has 4 nitrogen and oxygen atoms in total. The quantitative estimate of drug-likeness (QED) is 0.501. The molecule has 4 rings (SSSR count). The highest BCUT2D eigenvalue weighted by Crippen LogP contribution is 2.24. The molecule has 0 fully saturated rings. The molecule has 0 bridgehead atoms. The summed E-state index contributed by atoms with van der Waals surface area (Å²) in [5.41, 5.74) is 3.31. The van der Waals surface area contributed by atoms with Gasteiger partial charge in [0.1, 0.15) is 0 Å². The fraction of sp³-hybridized carbons (Fsp3) is 0.0833. The maximum atomic E-state index is 13.4. The summed E-state index contributed by atoms with van der Waals surface area (Å²) < 4.78 is 0. The van der Waals surface area contributed by atoms with Gasteiger partial charge in [-0.25, -0.2) is 0 Å². The highest BCUT2D eigenvalue weighted by Gasteiger charge is 2.21. The molecular weight excluding hydrogens is 384 g/mol. The van der Waals surface area contributed by atoms with E-state index in [1.807, 2.05) is 61.5 Å². The predicted molar refractivity (Wildman–Crippen MR) is 118 cm³/mol. The van der Waals surface area contributed by atoms with Gasteiger partial charge in [-0.15, -0.1) is 0 Å². The molecule has 4 aromatic rings. The summed E-state index contributed by atoms with van der Waals surface area (Å²) in [6.45, 7) is 2.11. The minimum absolute atomic E-state index is 0.159. The molecule has 29 heavy (non-hydrogen) atoms. The molecular formula is C24H19ClN2O2. The molecule has 1 amide bonds. The Hall–Kier alpha value is -3.37. The molecule has 0 aliphatic carbocycles. The van der Waals surface area contributed by atoms with Crippen molar-refractivity contribution in [3.8, 4) is 0 Å². The lowest BCUT2D eigenvalue weighted by molar-refractivity contribution is 0.0985. The Kier molecular flexibility index (Phi) is 5.19. The zero-order valence-electron chi connectivity index (χ0n) is 15.9. The Morgan fingerprint density at radius 3 is 2.41 bits per heavy atom. The van der Waals surface area contributed by atoms with Crippen molar-refractivity contribution in [1.82, 2.24) is 4.98 Å². The second-order valence-electron chi connectivity index (χ2n) is 6.90. The number of pyridine rings is 1. The van der Waals surface area contributed by atoms with Gasteiger partial charge in [-0.3, -0.25) is 9.59 Å². The van der Waals surface area contributed by atoms with Gasteiger partial charge in [0.2, 0.25) is 0 Å². The largest absolute Gasteiger partial charge is 0.322 e. The molecule has 0 unspecified atom stereocenters. The molecule has 1 heterocycles. The number of benzene rings is 3. The summed E-state index contributed by atoms with van der Waals surface area (Å²) in [5, 5.41) is 1.49. The van der Waals surface area contributed by atoms with E-state index in [9.17, 15) is 9.59 Å². The number of aromatic nitrogens is 1. The summed E-state index contributed by atoms with van der Waals surface area (Å²) in [7, 11) is 0. The lowest BCUT2D eigenvalue weighted by Crippen LogP contribution is -2.33. The third-order valence-corrected chi connectivity index (χ3v) is 5.15. The number of aromatic amines is 1. The number of H-pyrrole nitrogens is 1. The Morgan fingerprint density at radius 1 is 0.966 bits per heavy atom. The van der Waals surface area contributed by atoms with Gasteiger partial charge >= 0.3 is 0 Å². The van der Waals surface area contributed by atoms with Gasteiger partial charge in [0, 0.05) is 27.4 Å². The highest BCUT2D eigenvalue weighted by molar-refractivity contribution is 6.30. The number of aryl methyl sites for hydroxylation is 1. The van der Waals surface area contributed by atoms with Crippen molar-refractivity contribution >= 4 is 34.1 Å². The number of carbonyl (C=O) groups excluding carboxylic acids is 1. The molecule has 0 radical (unpaired) electrons. The van der Waals surface area contributed by atoms with Gasteiger partial charge in [0.05, 0.1) is 6.54 Å². The van der Waals surface area contributed by atoms with Gasteiger partial charge in [0.15, 0.2) is 0 Å². The molecule has 0 saturated heterocycles. The monoisotopic (exact) mass is 402 g/mol. The first-order valence-electron chi connectivity index (χ1n) is 9.27. The predicted octanol–water partition coefficient (Wildman–Crippen LogP) is 5.34. The summed E-state index contributed by atoms with van der Waals surface area (Å²) in [6, 6.07) is 23.8. The van der Waals surface area contributed by atoms with Gasteiger partial charge in [-0.05, 0) is 60.3 Å². The van der Waals surface area contributed by atoms with E-state index in [0.29, 0.717) is 16.1 Å². The second kappa shape index (κ2) is 7.94. The SMILES string of the molecule is Cc1ccccc1N(Cc1cc2ccccc2[nH]c1=O)C(=O)c1ccc(Cl)cc1. The van der Waals surface area contributed by atoms with E-state index in [1.165, 1.54) is 0 Å². The molecule has 1 N–H and O–H groups in total. The summed E-state index contributed by atoms with van der Waals surface area (Å²) in [5.74, 6) is -0.191. The summed E-state index contributed by atoms with van der Waals surface area (Å²) >= 11 is 5.97. The van der Waals surface area contributed by atoms with Crippen molar-refractivity contribution in [2.24, 2.45) is 0 Å². The topological polar surface area (TPSA) is 53.2 Å². The number of nitrogens with zero attached hydrogens (tertiary/aromatic N) is 1. The van der Waals surface area contributed by atoms with Crippen molar-refractivity contribution < 1.29 is 4.79 Å². The Bertz CT molecular complexity index is 1250. The first-order chi connectivity index (χ1) is 14.0. The van der Waals surface area contributed by atoms with E-state index in [1.54, 1.807) is 29.2 Å². The van der Waals surface area contributed by atoms with Gasteiger partial charge in [0.25, 0.3) is 11.5 Å². The number of para-hydroxylation sites is 2. The van der Waals surface area contributed by atoms with Crippen molar-refractivity contribution in [2.75, 3.05) is 4.90 Å². The number of rotatable bonds is 4.